The number of allylic oxidation sites excluding steroid dienone is 1. The van der Waals surface area contributed by atoms with Crippen molar-refractivity contribution in [1.29, 1.82) is 0 Å². The molecule has 4 heteroatoms. The summed E-state index contributed by atoms with van der Waals surface area (Å²) in [6.45, 7) is 1.61. The van der Waals surface area contributed by atoms with Crippen LogP contribution in [0.1, 0.15) is 18.6 Å². The molecular formula is C10H10O3S. The van der Waals surface area contributed by atoms with E-state index in [0.29, 0.717) is 5.56 Å². The summed E-state index contributed by atoms with van der Waals surface area (Å²) in [5.41, 5.74) is 0.473. The fourth-order valence-electron chi connectivity index (χ4n) is 1.69. The molecule has 0 saturated carbocycles. The van der Waals surface area contributed by atoms with E-state index in [1.54, 1.807) is 25.1 Å². The van der Waals surface area contributed by atoms with Crippen LogP contribution in [0, 0.1) is 0 Å². The molecule has 3 nitrogen and oxygen atoms in total. The summed E-state index contributed by atoms with van der Waals surface area (Å²) in [6.07, 6.45) is 0.446. The smallest absolute Gasteiger partial charge is 0.205 e. The van der Waals surface area contributed by atoms with Crippen LogP contribution in [-0.4, -0.2) is 13.5 Å². The van der Waals surface area contributed by atoms with Gasteiger partial charge in [0.15, 0.2) is 0 Å². The predicted octanol–water partition coefficient (Wildman–Crippen LogP) is 1.41. The van der Waals surface area contributed by atoms with Crippen molar-refractivity contribution in [1.82, 2.24) is 0 Å². The van der Waals surface area contributed by atoms with Crippen molar-refractivity contribution in [3.8, 4) is 0 Å². The van der Waals surface area contributed by atoms with Gasteiger partial charge >= 0.3 is 0 Å². The Balaban J connectivity index is 2.81. The van der Waals surface area contributed by atoms with Gasteiger partial charge in [-0.3, -0.25) is 0 Å². The SMILES string of the molecule is CC=C1C(O)c2ccccc2S1(=O)=O. The first kappa shape index (κ1) is 9.43. The minimum atomic E-state index is -3.43. The van der Waals surface area contributed by atoms with E-state index in [-0.39, 0.29) is 9.80 Å². The van der Waals surface area contributed by atoms with Crippen LogP contribution >= 0.6 is 0 Å². The molecule has 1 aromatic rings. The molecule has 0 saturated heterocycles. The Hall–Kier alpha value is -1.13. The van der Waals surface area contributed by atoms with Gasteiger partial charge in [-0.1, -0.05) is 24.3 Å². The number of hydrogen-bond acceptors (Lipinski definition) is 3. The van der Waals surface area contributed by atoms with Crippen molar-refractivity contribution < 1.29 is 13.5 Å². The molecule has 0 aliphatic carbocycles. The van der Waals surface area contributed by atoms with Crippen LogP contribution in [0.5, 0.6) is 0 Å². The highest BCUT2D eigenvalue weighted by Crippen LogP contribution is 2.41. The van der Waals surface area contributed by atoms with E-state index < -0.39 is 15.9 Å². The van der Waals surface area contributed by atoms with Crippen molar-refractivity contribution in [2.24, 2.45) is 0 Å². The molecule has 1 aliphatic rings. The number of fused-ring (bicyclic) bond motifs is 1. The summed E-state index contributed by atoms with van der Waals surface area (Å²) in [4.78, 5) is 0.305. The average Bonchev–Trinajstić information content (AvgIpc) is 2.36. The highest BCUT2D eigenvalue weighted by atomic mass is 32.2. The van der Waals surface area contributed by atoms with Crippen molar-refractivity contribution in [2.75, 3.05) is 0 Å². The topological polar surface area (TPSA) is 54.4 Å². The van der Waals surface area contributed by atoms with Gasteiger partial charge in [0.05, 0.1) is 9.80 Å². The summed E-state index contributed by atoms with van der Waals surface area (Å²) < 4.78 is 23.6. The Bertz CT molecular complexity index is 500. The fraction of sp³-hybridized carbons (Fsp3) is 0.200. The second-order valence-electron chi connectivity index (χ2n) is 3.13. The molecule has 1 aliphatic heterocycles. The van der Waals surface area contributed by atoms with E-state index in [2.05, 4.69) is 0 Å². The van der Waals surface area contributed by atoms with Crippen molar-refractivity contribution in [3.05, 3.63) is 40.8 Å². The normalized spacial score (nSPS) is 26.4. The molecule has 0 aromatic heterocycles. The molecule has 14 heavy (non-hydrogen) atoms. The van der Waals surface area contributed by atoms with Gasteiger partial charge in [-0.15, -0.1) is 0 Å². The van der Waals surface area contributed by atoms with Gasteiger partial charge < -0.3 is 5.11 Å². The van der Waals surface area contributed by atoms with E-state index in [1.165, 1.54) is 12.1 Å². The number of benzene rings is 1. The second-order valence-corrected chi connectivity index (χ2v) is 5.05. The summed E-state index contributed by atoms with van der Waals surface area (Å²) >= 11 is 0. The van der Waals surface area contributed by atoms with E-state index in [0.717, 1.165) is 0 Å². The van der Waals surface area contributed by atoms with Crippen molar-refractivity contribution >= 4 is 9.84 Å². The summed E-state index contributed by atoms with van der Waals surface area (Å²) in [7, 11) is -3.43. The molecule has 2 rings (SSSR count). The Kier molecular flexibility index (Phi) is 1.97. The lowest BCUT2D eigenvalue weighted by Gasteiger charge is -2.01. The maximum Gasteiger partial charge on any atom is 0.205 e. The summed E-state index contributed by atoms with van der Waals surface area (Å²) in [6, 6.07) is 6.52. The van der Waals surface area contributed by atoms with Gasteiger partial charge in [0.2, 0.25) is 9.84 Å². The quantitative estimate of drug-likeness (QED) is 0.704. The molecule has 1 unspecified atom stereocenters. The molecular weight excluding hydrogens is 200 g/mol. The van der Waals surface area contributed by atoms with Gasteiger partial charge in [-0.2, -0.15) is 0 Å². The first-order chi connectivity index (χ1) is 6.59. The van der Waals surface area contributed by atoms with Gasteiger partial charge in [-0.05, 0) is 13.0 Å². The van der Waals surface area contributed by atoms with Crippen LogP contribution < -0.4 is 0 Å². The number of sulfone groups is 1. The van der Waals surface area contributed by atoms with Crippen LogP contribution in [0.2, 0.25) is 0 Å². The number of rotatable bonds is 0. The lowest BCUT2D eigenvalue weighted by Crippen LogP contribution is -2.00. The average molecular weight is 210 g/mol. The number of aliphatic hydroxyl groups excluding tert-OH is 1. The zero-order chi connectivity index (χ0) is 10.3. The molecule has 0 fully saturated rings. The minimum Gasteiger partial charge on any atom is -0.383 e. The summed E-state index contributed by atoms with van der Waals surface area (Å²) in [5.74, 6) is 0. The second kappa shape index (κ2) is 2.93. The maximum atomic E-state index is 11.8. The third kappa shape index (κ3) is 1.04. The Morgan fingerprint density at radius 3 is 2.57 bits per heavy atom. The van der Waals surface area contributed by atoms with Crippen molar-refractivity contribution in [3.63, 3.8) is 0 Å². The highest BCUT2D eigenvalue weighted by molar-refractivity contribution is 7.95. The van der Waals surface area contributed by atoms with Gasteiger partial charge in [0.1, 0.15) is 6.10 Å². The maximum absolute atomic E-state index is 11.8. The lowest BCUT2D eigenvalue weighted by atomic mass is 10.1. The molecule has 0 bridgehead atoms. The standard InChI is InChI=1S/C10H10O3S/c1-2-8-10(11)7-5-3-4-6-9(7)14(8,12)13/h2-6,10-11H,1H3. The van der Waals surface area contributed by atoms with Gasteiger partial charge in [-0.25, -0.2) is 8.42 Å². The largest absolute Gasteiger partial charge is 0.383 e. The van der Waals surface area contributed by atoms with E-state index in [4.69, 9.17) is 0 Å². The Morgan fingerprint density at radius 2 is 2.00 bits per heavy atom. The Morgan fingerprint density at radius 1 is 1.36 bits per heavy atom. The van der Waals surface area contributed by atoms with Crippen LogP contribution in [0.3, 0.4) is 0 Å². The molecule has 0 amide bonds. The van der Waals surface area contributed by atoms with E-state index in [9.17, 15) is 13.5 Å². The third-order valence-corrected chi connectivity index (χ3v) is 4.40. The van der Waals surface area contributed by atoms with E-state index >= 15 is 0 Å². The van der Waals surface area contributed by atoms with Crippen LogP contribution in [-0.2, 0) is 9.84 Å². The zero-order valence-electron chi connectivity index (χ0n) is 7.64. The summed E-state index contributed by atoms with van der Waals surface area (Å²) in [5, 5.41) is 9.73. The number of hydrogen-bond donors (Lipinski definition) is 1. The van der Waals surface area contributed by atoms with Gasteiger partial charge in [0, 0.05) is 5.56 Å². The first-order valence-electron chi connectivity index (χ1n) is 4.27. The highest BCUT2D eigenvalue weighted by Gasteiger charge is 2.37. The first-order valence-corrected chi connectivity index (χ1v) is 5.75. The van der Waals surface area contributed by atoms with Crippen LogP contribution in [0.25, 0.3) is 0 Å². The van der Waals surface area contributed by atoms with Crippen LogP contribution in [0.4, 0.5) is 0 Å². The van der Waals surface area contributed by atoms with Crippen molar-refractivity contribution in [2.45, 2.75) is 17.9 Å². The fourth-order valence-corrected chi connectivity index (χ4v) is 3.42. The molecule has 1 atom stereocenters. The molecule has 1 N–H and O–H groups in total. The zero-order valence-corrected chi connectivity index (χ0v) is 8.45. The third-order valence-electron chi connectivity index (χ3n) is 2.37. The lowest BCUT2D eigenvalue weighted by molar-refractivity contribution is 0.224. The Labute approximate surface area is 82.6 Å². The molecule has 74 valence electrons. The number of aliphatic hydroxyl groups is 1. The minimum absolute atomic E-state index is 0.0821. The molecule has 0 spiro atoms. The molecule has 0 radical (unpaired) electrons. The predicted molar refractivity (Wildman–Crippen MR) is 52.3 cm³/mol. The van der Waals surface area contributed by atoms with Gasteiger partial charge in [0.25, 0.3) is 0 Å². The van der Waals surface area contributed by atoms with Crippen LogP contribution in [0.15, 0.2) is 40.1 Å². The monoisotopic (exact) mass is 210 g/mol. The molecule has 1 aromatic carbocycles. The van der Waals surface area contributed by atoms with E-state index in [1.807, 2.05) is 0 Å². The molecule has 1 heterocycles.